The summed E-state index contributed by atoms with van der Waals surface area (Å²) in [6.07, 6.45) is 3.79. The number of para-hydroxylation sites is 1. The van der Waals surface area contributed by atoms with E-state index < -0.39 is 0 Å². The van der Waals surface area contributed by atoms with Gasteiger partial charge in [0.2, 0.25) is 0 Å². The number of hydrogen-bond acceptors (Lipinski definition) is 2. The van der Waals surface area contributed by atoms with Gasteiger partial charge in [-0.05, 0) is 12.1 Å². The molecule has 0 saturated heterocycles. The Balaban J connectivity index is 2.46. The zero-order chi connectivity index (χ0) is 7.68. The zero-order valence-electron chi connectivity index (χ0n) is 5.70. The fraction of sp³-hybridized carbons (Fsp3) is 0. The highest BCUT2D eigenvalue weighted by molar-refractivity contribution is 9.07. The molecule has 0 amide bonds. The average Bonchev–Trinajstić information content (AvgIpc) is 2.04. The van der Waals surface area contributed by atoms with E-state index in [4.69, 9.17) is 4.84 Å². The van der Waals surface area contributed by atoms with Crippen molar-refractivity contribution >= 4 is 22.2 Å². The first-order valence-electron chi connectivity index (χ1n) is 3.26. The Labute approximate surface area is 73.4 Å². The van der Waals surface area contributed by atoms with Crippen LogP contribution in [-0.4, -0.2) is 4.09 Å². The first-order chi connectivity index (χ1) is 5.36. The maximum absolute atomic E-state index is 5.29. The third-order valence-corrected chi connectivity index (χ3v) is 1.86. The molecule has 2 rings (SSSR count). The number of nitrogens with zero attached hydrogens (tertiary/aromatic N) is 1. The molecular formula is C8H6BrNO. The topological polar surface area (TPSA) is 12.5 Å². The molecule has 1 aromatic rings. The van der Waals surface area contributed by atoms with Crippen LogP contribution in [-0.2, 0) is 0 Å². The monoisotopic (exact) mass is 211 g/mol. The molecule has 0 spiro atoms. The van der Waals surface area contributed by atoms with Crippen LogP contribution in [0.25, 0.3) is 6.08 Å². The molecule has 0 saturated carbocycles. The van der Waals surface area contributed by atoms with Gasteiger partial charge in [0, 0.05) is 5.56 Å². The molecule has 3 heteroatoms. The molecule has 0 unspecified atom stereocenters. The first-order valence-corrected chi connectivity index (χ1v) is 3.97. The number of rotatable bonds is 0. The lowest BCUT2D eigenvalue weighted by Crippen LogP contribution is -2.11. The van der Waals surface area contributed by atoms with Gasteiger partial charge < -0.3 is 4.84 Å². The predicted octanol–water partition coefficient (Wildman–Crippen LogP) is 2.58. The second-order valence-electron chi connectivity index (χ2n) is 2.22. The molecule has 1 aliphatic heterocycles. The molecule has 0 atom stereocenters. The van der Waals surface area contributed by atoms with E-state index >= 15 is 0 Å². The van der Waals surface area contributed by atoms with Crippen LogP contribution in [0.2, 0.25) is 0 Å². The molecule has 2 nitrogen and oxygen atoms in total. The van der Waals surface area contributed by atoms with Crippen molar-refractivity contribution in [1.82, 2.24) is 4.09 Å². The van der Waals surface area contributed by atoms with Crippen molar-refractivity contribution in [2.45, 2.75) is 0 Å². The second kappa shape index (κ2) is 2.58. The van der Waals surface area contributed by atoms with Crippen LogP contribution in [0.15, 0.2) is 30.5 Å². The molecular weight excluding hydrogens is 206 g/mol. The van der Waals surface area contributed by atoms with E-state index in [1.54, 1.807) is 0 Å². The largest absolute Gasteiger partial charge is 0.369 e. The fourth-order valence-corrected chi connectivity index (χ4v) is 1.24. The standard InChI is InChI=1S/C8H6BrNO/c9-10-6-5-7-3-1-2-4-8(7)11-10/h1-6H. The summed E-state index contributed by atoms with van der Waals surface area (Å²) in [6.45, 7) is 0. The van der Waals surface area contributed by atoms with E-state index in [2.05, 4.69) is 16.1 Å². The summed E-state index contributed by atoms with van der Waals surface area (Å²) in [5.74, 6) is 0.867. The number of halogens is 1. The van der Waals surface area contributed by atoms with E-state index in [9.17, 15) is 0 Å². The molecule has 1 aliphatic rings. The van der Waals surface area contributed by atoms with Crippen molar-refractivity contribution in [1.29, 1.82) is 0 Å². The van der Waals surface area contributed by atoms with Crippen molar-refractivity contribution in [2.24, 2.45) is 0 Å². The highest BCUT2D eigenvalue weighted by atomic mass is 79.9. The van der Waals surface area contributed by atoms with E-state index in [0.717, 1.165) is 11.3 Å². The minimum absolute atomic E-state index is 0.867. The second-order valence-corrected chi connectivity index (χ2v) is 2.92. The lowest BCUT2D eigenvalue weighted by atomic mass is 10.2. The van der Waals surface area contributed by atoms with E-state index in [1.807, 2.05) is 36.5 Å². The van der Waals surface area contributed by atoms with Gasteiger partial charge in [0.1, 0.15) is 0 Å². The Morgan fingerprint density at radius 3 is 3.00 bits per heavy atom. The summed E-state index contributed by atoms with van der Waals surface area (Å²) in [5, 5.41) is 0. The van der Waals surface area contributed by atoms with Crippen LogP contribution >= 0.6 is 16.1 Å². The van der Waals surface area contributed by atoms with E-state index in [1.165, 1.54) is 4.09 Å². The summed E-state index contributed by atoms with van der Waals surface area (Å²) in [5.41, 5.74) is 1.10. The van der Waals surface area contributed by atoms with Crippen LogP contribution in [0, 0.1) is 0 Å². The highest BCUT2D eigenvalue weighted by Gasteiger charge is 2.07. The van der Waals surface area contributed by atoms with Crippen molar-refractivity contribution < 1.29 is 4.84 Å². The number of fused-ring (bicyclic) bond motifs is 1. The van der Waals surface area contributed by atoms with Crippen molar-refractivity contribution in [2.75, 3.05) is 0 Å². The minimum Gasteiger partial charge on any atom is -0.369 e. The van der Waals surface area contributed by atoms with Gasteiger partial charge in [-0.3, -0.25) is 0 Å². The van der Waals surface area contributed by atoms with E-state index in [-0.39, 0.29) is 0 Å². The Morgan fingerprint density at radius 2 is 2.09 bits per heavy atom. The Morgan fingerprint density at radius 1 is 1.27 bits per heavy atom. The van der Waals surface area contributed by atoms with Crippen molar-refractivity contribution in [3.63, 3.8) is 0 Å². The summed E-state index contributed by atoms with van der Waals surface area (Å²) in [7, 11) is 0. The van der Waals surface area contributed by atoms with Gasteiger partial charge in [-0.25, -0.2) is 0 Å². The molecule has 0 bridgehead atoms. The number of hydroxylamine groups is 1. The molecule has 0 radical (unpaired) electrons. The van der Waals surface area contributed by atoms with Crippen molar-refractivity contribution in [3.05, 3.63) is 36.0 Å². The summed E-state index contributed by atoms with van der Waals surface area (Å²) in [4.78, 5) is 5.29. The molecule has 11 heavy (non-hydrogen) atoms. The maximum atomic E-state index is 5.29. The third-order valence-electron chi connectivity index (χ3n) is 1.48. The Bertz CT molecular complexity index is 298. The van der Waals surface area contributed by atoms with Gasteiger partial charge >= 0.3 is 0 Å². The lowest BCUT2D eigenvalue weighted by molar-refractivity contribution is 0.110. The maximum Gasteiger partial charge on any atom is 0.163 e. The zero-order valence-corrected chi connectivity index (χ0v) is 7.28. The minimum atomic E-state index is 0.867. The van der Waals surface area contributed by atoms with Gasteiger partial charge in [0.15, 0.2) is 5.75 Å². The quantitative estimate of drug-likeness (QED) is 0.612. The first kappa shape index (κ1) is 6.73. The van der Waals surface area contributed by atoms with Crippen LogP contribution in [0.3, 0.4) is 0 Å². The highest BCUT2D eigenvalue weighted by Crippen LogP contribution is 2.25. The van der Waals surface area contributed by atoms with Crippen LogP contribution in [0.4, 0.5) is 0 Å². The molecule has 1 heterocycles. The number of benzene rings is 1. The normalized spacial score (nSPS) is 14.1. The fourth-order valence-electron chi connectivity index (χ4n) is 0.965. The number of hydrogen-bond donors (Lipinski definition) is 0. The Kier molecular flexibility index (Phi) is 1.58. The van der Waals surface area contributed by atoms with Gasteiger partial charge in [0.05, 0.1) is 22.3 Å². The van der Waals surface area contributed by atoms with Crippen LogP contribution < -0.4 is 4.84 Å². The molecule has 56 valence electrons. The van der Waals surface area contributed by atoms with Gasteiger partial charge in [-0.2, -0.15) is 0 Å². The molecule has 1 aromatic carbocycles. The van der Waals surface area contributed by atoms with Crippen LogP contribution in [0.1, 0.15) is 5.56 Å². The van der Waals surface area contributed by atoms with Gasteiger partial charge in [-0.1, -0.05) is 18.2 Å². The van der Waals surface area contributed by atoms with Crippen molar-refractivity contribution in [3.8, 4) is 5.75 Å². The molecule has 0 aliphatic carbocycles. The van der Waals surface area contributed by atoms with Gasteiger partial charge in [-0.15, -0.1) is 4.09 Å². The molecule has 0 aromatic heterocycles. The summed E-state index contributed by atoms with van der Waals surface area (Å²) in [6, 6.07) is 7.86. The smallest absolute Gasteiger partial charge is 0.163 e. The molecule has 0 fully saturated rings. The van der Waals surface area contributed by atoms with E-state index in [0.29, 0.717) is 0 Å². The Hall–Kier alpha value is -0.960. The summed E-state index contributed by atoms with van der Waals surface area (Å²) >= 11 is 3.18. The molecule has 0 N–H and O–H groups in total. The predicted molar refractivity (Wildman–Crippen MR) is 46.9 cm³/mol. The van der Waals surface area contributed by atoms with Gasteiger partial charge in [0.25, 0.3) is 0 Å². The SMILES string of the molecule is BrN1C=Cc2ccccc2O1. The van der Waals surface area contributed by atoms with Crippen LogP contribution in [0.5, 0.6) is 5.75 Å². The summed E-state index contributed by atoms with van der Waals surface area (Å²) < 4.78 is 1.50. The third kappa shape index (κ3) is 1.24. The lowest BCUT2D eigenvalue weighted by Gasteiger charge is -2.17. The average molecular weight is 212 g/mol.